The molecule has 0 bridgehead atoms. The van der Waals surface area contributed by atoms with E-state index in [1.165, 1.54) is 28.6 Å². The minimum atomic E-state index is 1.04. The molecule has 0 spiro atoms. The number of rotatable bonds is 6. The highest BCUT2D eigenvalue weighted by molar-refractivity contribution is 9.10. The molecule has 0 aromatic heterocycles. The van der Waals surface area contributed by atoms with Crippen LogP contribution in [0.5, 0.6) is 0 Å². The molecule has 0 aliphatic rings. The summed E-state index contributed by atoms with van der Waals surface area (Å²) in [6.07, 6.45) is 2.42. The third kappa shape index (κ3) is 4.67. The van der Waals surface area contributed by atoms with Crippen LogP contribution in [0.4, 0.5) is 5.69 Å². The van der Waals surface area contributed by atoms with E-state index in [1.807, 2.05) is 7.05 Å². The van der Waals surface area contributed by atoms with Crippen molar-refractivity contribution in [1.82, 2.24) is 5.32 Å². The van der Waals surface area contributed by atoms with Crippen LogP contribution in [0.25, 0.3) is 0 Å². The predicted molar refractivity (Wildman–Crippen MR) is 70.5 cm³/mol. The highest BCUT2D eigenvalue weighted by atomic mass is 79.9. The molecule has 0 radical (unpaired) electrons. The van der Waals surface area contributed by atoms with E-state index >= 15 is 0 Å². The van der Waals surface area contributed by atoms with Gasteiger partial charge in [-0.1, -0.05) is 22.0 Å². The van der Waals surface area contributed by atoms with Crippen molar-refractivity contribution in [3.8, 4) is 0 Å². The number of hydrogen-bond donors (Lipinski definition) is 2. The molecule has 1 aromatic rings. The van der Waals surface area contributed by atoms with Crippen LogP contribution in [0.3, 0.4) is 0 Å². The Balaban J connectivity index is 2.28. The zero-order valence-corrected chi connectivity index (χ0v) is 11.0. The van der Waals surface area contributed by atoms with Crippen molar-refractivity contribution in [2.24, 2.45) is 0 Å². The highest BCUT2D eigenvalue weighted by Gasteiger charge is 1.96. The third-order valence-electron chi connectivity index (χ3n) is 2.35. The molecule has 3 heteroatoms. The van der Waals surface area contributed by atoms with E-state index in [1.54, 1.807) is 0 Å². The van der Waals surface area contributed by atoms with E-state index in [0.717, 1.165) is 13.1 Å². The van der Waals surface area contributed by atoms with Gasteiger partial charge in [0.05, 0.1) is 0 Å². The van der Waals surface area contributed by atoms with Gasteiger partial charge < -0.3 is 10.6 Å². The first-order valence-corrected chi connectivity index (χ1v) is 6.18. The van der Waals surface area contributed by atoms with Gasteiger partial charge >= 0.3 is 0 Å². The van der Waals surface area contributed by atoms with Gasteiger partial charge in [0.2, 0.25) is 0 Å². The zero-order valence-electron chi connectivity index (χ0n) is 9.44. The maximum atomic E-state index is 3.53. The van der Waals surface area contributed by atoms with Gasteiger partial charge in [-0.3, -0.25) is 0 Å². The van der Waals surface area contributed by atoms with E-state index in [4.69, 9.17) is 0 Å². The lowest BCUT2D eigenvalue weighted by molar-refractivity contribution is 0.694. The predicted octanol–water partition coefficient (Wildman–Crippen LogP) is 3.17. The van der Waals surface area contributed by atoms with Gasteiger partial charge in [-0.05, 0) is 51.1 Å². The first-order valence-electron chi connectivity index (χ1n) is 5.38. The van der Waals surface area contributed by atoms with E-state index in [2.05, 4.69) is 51.7 Å². The fraction of sp³-hybridized carbons (Fsp3) is 0.500. The molecule has 1 aromatic carbocycles. The summed E-state index contributed by atoms with van der Waals surface area (Å²) >= 11 is 3.53. The minimum absolute atomic E-state index is 1.04. The Hall–Kier alpha value is -0.540. The summed E-state index contributed by atoms with van der Waals surface area (Å²) in [4.78, 5) is 0. The highest BCUT2D eigenvalue weighted by Crippen LogP contribution is 2.20. The summed E-state index contributed by atoms with van der Waals surface area (Å²) in [7, 11) is 1.99. The lowest BCUT2D eigenvalue weighted by atomic mass is 10.2. The van der Waals surface area contributed by atoms with Gasteiger partial charge in [0.25, 0.3) is 0 Å². The number of aryl methyl sites for hydroxylation is 1. The van der Waals surface area contributed by atoms with Crippen LogP contribution in [0.15, 0.2) is 22.7 Å². The molecule has 84 valence electrons. The molecule has 0 unspecified atom stereocenters. The number of unbranched alkanes of at least 4 members (excludes halogenated alkanes) is 1. The number of benzene rings is 1. The summed E-state index contributed by atoms with van der Waals surface area (Å²) in [5, 5.41) is 6.56. The Kier molecular flexibility index (Phi) is 5.73. The monoisotopic (exact) mass is 270 g/mol. The van der Waals surface area contributed by atoms with E-state index in [-0.39, 0.29) is 0 Å². The van der Waals surface area contributed by atoms with E-state index in [0.29, 0.717) is 0 Å². The molecule has 0 heterocycles. The van der Waals surface area contributed by atoms with Crippen molar-refractivity contribution in [3.05, 3.63) is 28.2 Å². The molecular formula is C12H19BrN2. The zero-order chi connectivity index (χ0) is 11.1. The number of anilines is 1. The average molecular weight is 271 g/mol. The van der Waals surface area contributed by atoms with Crippen LogP contribution < -0.4 is 10.6 Å². The maximum absolute atomic E-state index is 3.53. The van der Waals surface area contributed by atoms with Crippen LogP contribution in [-0.2, 0) is 0 Å². The Morgan fingerprint density at radius 2 is 1.93 bits per heavy atom. The molecule has 0 aliphatic heterocycles. The van der Waals surface area contributed by atoms with Gasteiger partial charge in [-0.2, -0.15) is 0 Å². The average Bonchev–Trinajstić information content (AvgIpc) is 2.23. The molecule has 2 nitrogen and oxygen atoms in total. The van der Waals surface area contributed by atoms with Crippen molar-refractivity contribution < 1.29 is 0 Å². The summed E-state index contributed by atoms with van der Waals surface area (Å²) in [6, 6.07) is 6.38. The smallest absolute Gasteiger partial charge is 0.0351 e. The van der Waals surface area contributed by atoms with Crippen LogP contribution in [0, 0.1) is 6.92 Å². The molecule has 0 aliphatic carbocycles. The van der Waals surface area contributed by atoms with Crippen molar-refractivity contribution in [2.75, 3.05) is 25.5 Å². The van der Waals surface area contributed by atoms with Gasteiger partial charge in [0, 0.05) is 16.7 Å². The lowest BCUT2D eigenvalue weighted by Crippen LogP contribution is -2.10. The second-order valence-electron chi connectivity index (χ2n) is 3.70. The first kappa shape index (κ1) is 12.5. The van der Waals surface area contributed by atoms with E-state index in [9.17, 15) is 0 Å². The fourth-order valence-electron chi connectivity index (χ4n) is 1.36. The van der Waals surface area contributed by atoms with Crippen LogP contribution in [0.2, 0.25) is 0 Å². The quantitative estimate of drug-likeness (QED) is 0.776. The van der Waals surface area contributed by atoms with Crippen molar-refractivity contribution >= 4 is 21.6 Å². The van der Waals surface area contributed by atoms with E-state index < -0.39 is 0 Å². The number of nitrogens with one attached hydrogen (secondary N) is 2. The second kappa shape index (κ2) is 6.85. The Morgan fingerprint density at radius 3 is 2.60 bits per heavy atom. The topological polar surface area (TPSA) is 24.1 Å². The Morgan fingerprint density at radius 1 is 1.20 bits per heavy atom. The molecule has 0 amide bonds. The molecule has 0 saturated heterocycles. The fourth-order valence-corrected chi connectivity index (χ4v) is 1.74. The molecule has 2 N–H and O–H groups in total. The van der Waals surface area contributed by atoms with Crippen molar-refractivity contribution in [2.45, 2.75) is 19.8 Å². The maximum Gasteiger partial charge on any atom is 0.0351 e. The largest absolute Gasteiger partial charge is 0.385 e. The molecule has 0 atom stereocenters. The minimum Gasteiger partial charge on any atom is -0.385 e. The van der Waals surface area contributed by atoms with Crippen molar-refractivity contribution in [1.29, 1.82) is 0 Å². The van der Waals surface area contributed by atoms with Crippen molar-refractivity contribution in [3.63, 3.8) is 0 Å². The van der Waals surface area contributed by atoms with Crippen LogP contribution in [0.1, 0.15) is 18.4 Å². The van der Waals surface area contributed by atoms with Gasteiger partial charge in [0.15, 0.2) is 0 Å². The number of hydrogen-bond acceptors (Lipinski definition) is 2. The molecule has 1 rings (SSSR count). The Bertz CT molecular complexity index is 300. The summed E-state index contributed by atoms with van der Waals surface area (Å²) in [5.74, 6) is 0. The molecule has 15 heavy (non-hydrogen) atoms. The second-order valence-corrected chi connectivity index (χ2v) is 4.56. The van der Waals surface area contributed by atoms with Crippen LogP contribution >= 0.6 is 15.9 Å². The SMILES string of the molecule is CNCCCCNc1ccc(C)c(Br)c1. The molecule has 0 fully saturated rings. The summed E-state index contributed by atoms with van der Waals surface area (Å²) in [6.45, 7) is 4.23. The van der Waals surface area contributed by atoms with Gasteiger partial charge in [-0.15, -0.1) is 0 Å². The standard InChI is InChI=1S/C12H19BrN2/c1-10-5-6-11(9-12(10)13)15-8-4-3-7-14-2/h5-6,9,14-15H,3-4,7-8H2,1-2H3. The molecule has 0 saturated carbocycles. The lowest BCUT2D eigenvalue weighted by Gasteiger charge is -2.07. The molecular weight excluding hydrogens is 252 g/mol. The number of halogens is 1. The Labute approximate surface area is 101 Å². The van der Waals surface area contributed by atoms with Gasteiger partial charge in [0.1, 0.15) is 0 Å². The first-order chi connectivity index (χ1) is 7.24. The van der Waals surface area contributed by atoms with Crippen LogP contribution in [-0.4, -0.2) is 20.1 Å². The third-order valence-corrected chi connectivity index (χ3v) is 3.21. The van der Waals surface area contributed by atoms with Gasteiger partial charge in [-0.25, -0.2) is 0 Å². The summed E-state index contributed by atoms with van der Waals surface area (Å²) < 4.78 is 1.17. The normalized spacial score (nSPS) is 10.3. The summed E-state index contributed by atoms with van der Waals surface area (Å²) in [5.41, 5.74) is 2.47.